The van der Waals surface area contributed by atoms with Gasteiger partial charge in [0.05, 0.1) is 28.2 Å². The second-order valence-corrected chi connectivity index (χ2v) is 12.5. The maximum Gasteiger partial charge on any atom is 0.102 e. The van der Waals surface area contributed by atoms with Gasteiger partial charge in [-0.05, 0) is 59.7 Å². The van der Waals surface area contributed by atoms with Gasteiger partial charge in [-0.3, -0.25) is 0 Å². The summed E-state index contributed by atoms with van der Waals surface area (Å²) in [6, 6.07) is 53.3. The van der Waals surface area contributed by atoms with Gasteiger partial charge in [0.1, 0.15) is 5.60 Å². The molecule has 0 saturated carbocycles. The van der Waals surface area contributed by atoms with Crippen LogP contribution in [0.5, 0.6) is 0 Å². The van der Waals surface area contributed by atoms with Crippen molar-refractivity contribution in [1.82, 2.24) is 4.98 Å². The fraction of sp³-hybridized carbons (Fsp3) is 0.111. The van der Waals surface area contributed by atoms with Gasteiger partial charge >= 0.3 is 0 Å². The second kappa shape index (κ2) is 12.2. The van der Waals surface area contributed by atoms with Crippen molar-refractivity contribution in [2.24, 2.45) is 4.99 Å². The molecule has 232 valence electrons. The summed E-state index contributed by atoms with van der Waals surface area (Å²) in [4.78, 5) is 11.2. The fourth-order valence-corrected chi connectivity index (χ4v) is 7.37. The molecule has 1 aromatic heterocycles. The lowest BCUT2D eigenvalue weighted by atomic mass is 9.59. The van der Waals surface area contributed by atoms with Crippen LogP contribution in [0.15, 0.2) is 186 Å². The van der Waals surface area contributed by atoms with Gasteiger partial charge in [-0.1, -0.05) is 152 Å². The molecule has 1 aliphatic heterocycles. The zero-order valence-corrected chi connectivity index (χ0v) is 27.2. The third-order valence-corrected chi connectivity index (χ3v) is 9.49. The minimum Gasteiger partial charge on any atom is -0.367 e. The third-order valence-electron chi connectivity index (χ3n) is 9.49. The summed E-state index contributed by atoms with van der Waals surface area (Å²) in [6.45, 7) is 4.79. The Balaban J connectivity index is 1.53. The molecule has 3 nitrogen and oxygen atoms in total. The predicted octanol–water partition coefficient (Wildman–Crippen LogP) is 10.4. The van der Waals surface area contributed by atoms with E-state index in [1.165, 1.54) is 0 Å². The summed E-state index contributed by atoms with van der Waals surface area (Å²) in [7, 11) is 0. The number of ether oxygens (including phenoxy) is 1. The minimum absolute atomic E-state index is 0.588. The molecule has 0 N–H and O–H groups in total. The largest absolute Gasteiger partial charge is 0.367 e. The third kappa shape index (κ3) is 4.95. The average molecular weight is 621 g/mol. The Bertz CT molecular complexity index is 2190. The van der Waals surface area contributed by atoms with Crippen molar-refractivity contribution in [3.63, 3.8) is 0 Å². The van der Waals surface area contributed by atoms with Crippen molar-refractivity contribution in [3.05, 3.63) is 203 Å². The van der Waals surface area contributed by atoms with Gasteiger partial charge in [-0.15, -0.1) is 0 Å². The number of benzene rings is 5. The van der Waals surface area contributed by atoms with Gasteiger partial charge in [0.15, 0.2) is 0 Å². The van der Waals surface area contributed by atoms with Gasteiger partial charge in [-0.2, -0.15) is 0 Å². The molecule has 0 fully saturated rings. The molecule has 1 unspecified atom stereocenters. The number of allylic oxidation sites excluding steroid dienone is 3. The Labute approximate surface area is 282 Å². The number of fused-ring (bicyclic) bond motifs is 2. The predicted molar refractivity (Wildman–Crippen MR) is 198 cm³/mol. The maximum atomic E-state index is 6.47. The zero-order chi connectivity index (χ0) is 32.6. The van der Waals surface area contributed by atoms with E-state index in [9.17, 15) is 0 Å². The smallest absolute Gasteiger partial charge is 0.102 e. The Morgan fingerprint density at radius 3 is 1.83 bits per heavy atom. The van der Waals surface area contributed by atoms with E-state index in [1.54, 1.807) is 0 Å². The van der Waals surface area contributed by atoms with Crippen LogP contribution in [0.4, 0.5) is 0 Å². The summed E-state index contributed by atoms with van der Waals surface area (Å²) in [5.41, 5.74) is 8.83. The normalized spacial score (nSPS) is 18.3. The van der Waals surface area contributed by atoms with Crippen molar-refractivity contribution in [2.75, 3.05) is 6.61 Å². The van der Waals surface area contributed by atoms with E-state index < -0.39 is 11.0 Å². The van der Waals surface area contributed by atoms with Crippen molar-refractivity contribution in [3.8, 4) is 11.3 Å². The van der Waals surface area contributed by atoms with Crippen LogP contribution in [0.2, 0.25) is 0 Å². The SMILES string of the molecule is CCOC1(C)C=CC2=C(c3nc(-c4ccccc4)cc4ccccc34)N=C(c3ccccc3)C(c3ccccc3)(c3ccccc3)C2=C1. The van der Waals surface area contributed by atoms with Crippen LogP contribution in [0, 0.1) is 0 Å². The molecule has 1 aliphatic carbocycles. The van der Waals surface area contributed by atoms with E-state index >= 15 is 0 Å². The van der Waals surface area contributed by atoms with Crippen molar-refractivity contribution < 1.29 is 4.74 Å². The topological polar surface area (TPSA) is 34.5 Å². The highest BCUT2D eigenvalue weighted by Gasteiger charge is 2.49. The van der Waals surface area contributed by atoms with E-state index in [-0.39, 0.29) is 0 Å². The number of pyridine rings is 1. The van der Waals surface area contributed by atoms with Crippen molar-refractivity contribution >= 4 is 22.2 Å². The van der Waals surface area contributed by atoms with E-state index in [0.717, 1.165) is 67.0 Å². The molecule has 48 heavy (non-hydrogen) atoms. The number of aromatic nitrogens is 1. The van der Waals surface area contributed by atoms with Gasteiger partial charge in [0, 0.05) is 23.1 Å². The zero-order valence-electron chi connectivity index (χ0n) is 27.2. The molecule has 1 atom stereocenters. The van der Waals surface area contributed by atoms with Crippen LogP contribution in [0.3, 0.4) is 0 Å². The molecule has 0 amide bonds. The first kappa shape index (κ1) is 29.7. The summed E-state index contributed by atoms with van der Waals surface area (Å²) in [5.74, 6) is 0. The standard InChI is InChI=1S/C45H36N2O/c1-3-48-44(2)29-28-38-39(31-44)45(35-23-12-6-13-24-35,36-25-14-7-15-26-36)43(33-20-10-5-11-21-33)47-42(38)41-37-27-17-16-22-34(37)30-40(46-41)32-18-8-4-9-19-32/h4-31H,3H2,1-2H3. The quantitative estimate of drug-likeness (QED) is 0.178. The molecule has 8 rings (SSSR count). The Morgan fingerprint density at radius 2 is 1.21 bits per heavy atom. The molecule has 0 bridgehead atoms. The van der Waals surface area contributed by atoms with E-state index in [1.807, 2.05) is 6.07 Å². The van der Waals surface area contributed by atoms with E-state index in [0.29, 0.717) is 6.61 Å². The van der Waals surface area contributed by atoms with Crippen LogP contribution in [-0.4, -0.2) is 22.9 Å². The lowest BCUT2D eigenvalue weighted by Crippen LogP contribution is -2.44. The average Bonchev–Trinajstić information content (AvgIpc) is 3.15. The molecular formula is C45H36N2O. The first-order valence-electron chi connectivity index (χ1n) is 16.6. The first-order chi connectivity index (χ1) is 23.6. The van der Waals surface area contributed by atoms with Gasteiger partial charge in [0.25, 0.3) is 0 Å². The van der Waals surface area contributed by atoms with E-state index in [4.69, 9.17) is 14.7 Å². The number of hydrogen-bond acceptors (Lipinski definition) is 3. The van der Waals surface area contributed by atoms with E-state index in [2.05, 4.69) is 178 Å². The molecule has 0 saturated heterocycles. The molecule has 3 heteroatoms. The Kier molecular flexibility index (Phi) is 7.55. The minimum atomic E-state index is -0.737. The van der Waals surface area contributed by atoms with Gasteiger partial charge in [0.2, 0.25) is 0 Å². The highest BCUT2D eigenvalue weighted by atomic mass is 16.5. The second-order valence-electron chi connectivity index (χ2n) is 12.5. The number of nitrogens with zero attached hydrogens (tertiary/aromatic N) is 2. The molecule has 2 heterocycles. The van der Waals surface area contributed by atoms with Crippen LogP contribution in [-0.2, 0) is 10.2 Å². The van der Waals surface area contributed by atoms with Crippen molar-refractivity contribution in [1.29, 1.82) is 0 Å². The van der Waals surface area contributed by atoms with Crippen LogP contribution >= 0.6 is 0 Å². The number of aliphatic imine (C=N–C) groups is 1. The van der Waals surface area contributed by atoms with Crippen LogP contribution < -0.4 is 0 Å². The molecule has 5 aromatic carbocycles. The molecule has 2 aliphatic rings. The molecule has 6 aromatic rings. The van der Waals surface area contributed by atoms with Gasteiger partial charge in [-0.25, -0.2) is 9.98 Å². The summed E-state index contributed by atoms with van der Waals surface area (Å²) in [5, 5.41) is 2.19. The lowest BCUT2D eigenvalue weighted by molar-refractivity contribution is 0.0494. The maximum absolute atomic E-state index is 6.47. The monoisotopic (exact) mass is 620 g/mol. The summed E-state index contributed by atoms with van der Waals surface area (Å²) in [6.07, 6.45) is 6.72. The number of hydrogen-bond donors (Lipinski definition) is 0. The fourth-order valence-electron chi connectivity index (χ4n) is 7.37. The molecular weight excluding hydrogens is 585 g/mol. The Morgan fingerprint density at radius 1 is 0.646 bits per heavy atom. The highest BCUT2D eigenvalue weighted by Crippen LogP contribution is 2.53. The van der Waals surface area contributed by atoms with Crippen LogP contribution in [0.1, 0.15) is 36.2 Å². The molecule has 0 radical (unpaired) electrons. The highest BCUT2D eigenvalue weighted by molar-refractivity contribution is 6.18. The first-order valence-corrected chi connectivity index (χ1v) is 16.6. The summed E-state index contributed by atoms with van der Waals surface area (Å²) < 4.78 is 6.47. The van der Waals surface area contributed by atoms with Crippen LogP contribution in [0.25, 0.3) is 27.7 Å². The Hall–Kier alpha value is -5.64. The summed E-state index contributed by atoms with van der Waals surface area (Å²) >= 11 is 0. The lowest BCUT2D eigenvalue weighted by Gasteiger charge is -2.45. The van der Waals surface area contributed by atoms with Gasteiger partial charge < -0.3 is 4.74 Å². The number of rotatable bonds is 7. The van der Waals surface area contributed by atoms with Crippen molar-refractivity contribution in [2.45, 2.75) is 24.9 Å². The molecule has 0 spiro atoms.